The molecule has 36 heavy (non-hydrogen) atoms. The highest BCUT2D eigenvalue weighted by Gasteiger charge is 2.06. The summed E-state index contributed by atoms with van der Waals surface area (Å²) in [4.78, 5) is 0. The Kier molecular flexibility index (Phi) is 18.6. The summed E-state index contributed by atoms with van der Waals surface area (Å²) in [5.41, 5.74) is 2.63. The van der Waals surface area contributed by atoms with E-state index in [1.807, 2.05) is 0 Å². The Hall–Kier alpha value is -1.35. The minimum absolute atomic E-state index is 1.05. The molecule has 2 nitrogen and oxygen atoms in total. The molecule has 0 bridgehead atoms. The first-order valence-corrected chi connectivity index (χ1v) is 16.1. The topological polar surface area (TPSA) is 7.76 Å². The van der Waals surface area contributed by atoms with Gasteiger partial charge in [-0.15, -0.1) is 0 Å². The molecule has 3 heteroatoms. The molecule has 0 saturated heterocycles. The molecule has 0 amide bonds. The molecule has 0 N–H and O–H groups in total. The van der Waals surface area contributed by atoms with Crippen molar-refractivity contribution < 1.29 is 9.13 Å². The molecule has 0 aliphatic carbocycles. The second-order valence-corrected chi connectivity index (χ2v) is 11.2. The zero-order chi connectivity index (χ0) is 25.5. The van der Waals surface area contributed by atoms with Crippen LogP contribution in [-0.2, 0) is 13.1 Å². The fourth-order valence-electron chi connectivity index (χ4n) is 5.02. The monoisotopic (exact) mass is 512 g/mol. The highest BCUT2D eigenvalue weighted by Crippen LogP contribution is 2.16. The van der Waals surface area contributed by atoms with Gasteiger partial charge in [-0.25, -0.2) is 9.13 Å². The van der Waals surface area contributed by atoms with Crippen molar-refractivity contribution in [1.82, 2.24) is 0 Å². The minimum Gasteiger partial charge on any atom is -0.205 e. The molecule has 0 unspecified atom stereocenters. The van der Waals surface area contributed by atoms with Gasteiger partial charge in [-0.1, -0.05) is 96.8 Å². The zero-order valence-electron chi connectivity index (χ0n) is 23.5. The van der Waals surface area contributed by atoms with Crippen molar-refractivity contribution in [2.45, 2.75) is 142 Å². The normalized spacial score (nSPS) is 11.3. The molecular weight excluding hydrogens is 456 g/mol. The van der Waals surface area contributed by atoms with Gasteiger partial charge < -0.3 is 0 Å². The van der Waals surface area contributed by atoms with E-state index >= 15 is 0 Å². The summed E-state index contributed by atoms with van der Waals surface area (Å²) in [6.45, 7) is 4.57. The third-order valence-electron chi connectivity index (χ3n) is 7.46. The summed E-state index contributed by atoms with van der Waals surface area (Å²) in [5, 5.41) is 0. The van der Waals surface area contributed by atoms with Crippen LogP contribution in [0.3, 0.4) is 0 Å². The smallest absolute Gasteiger partial charge is 0.169 e. The SMILES string of the molecule is CCCCCCCCCCCC[n+]1ccc(-c2cc[n+](CCCCCCCCCCCS)cc2)cc1. The number of rotatable bonds is 23. The highest BCUT2D eigenvalue weighted by atomic mass is 32.1. The van der Waals surface area contributed by atoms with Crippen LogP contribution >= 0.6 is 12.6 Å². The number of pyridine rings is 2. The average molecular weight is 513 g/mol. The molecule has 0 aromatic carbocycles. The predicted molar refractivity (Wildman–Crippen MR) is 160 cm³/mol. The van der Waals surface area contributed by atoms with Crippen molar-refractivity contribution in [2.75, 3.05) is 5.75 Å². The maximum atomic E-state index is 4.29. The lowest BCUT2D eigenvalue weighted by Crippen LogP contribution is -2.33. The van der Waals surface area contributed by atoms with E-state index in [2.05, 4.69) is 77.7 Å². The van der Waals surface area contributed by atoms with E-state index in [0.29, 0.717) is 0 Å². The number of hydrogen-bond acceptors (Lipinski definition) is 1. The number of thiol groups is 1. The fourth-order valence-corrected chi connectivity index (χ4v) is 5.25. The molecule has 2 rings (SSSR count). The summed E-state index contributed by atoms with van der Waals surface area (Å²) in [5.74, 6) is 1.05. The fraction of sp³-hybridized carbons (Fsp3) is 0.697. The van der Waals surface area contributed by atoms with E-state index in [-0.39, 0.29) is 0 Å². The number of nitrogens with zero attached hydrogens (tertiary/aromatic N) is 2. The second-order valence-electron chi connectivity index (χ2n) is 10.7. The Morgan fingerprint density at radius 1 is 0.444 bits per heavy atom. The van der Waals surface area contributed by atoms with E-state index in [1.165, 1.54) is 133 Å². The van der Waals surface area contributed by atoms with Crippen LogP contribution in [0.15, 0.2) is 49.1 Å². The number of unbranched alkanes of at least 4 members (excludes halogenated alkanes) is 17. The standard InChI is InChI=1S/C33H55N2S/c1-2-3-4-5-6-7-9-12-15-18-25-34-27-21-32(22-28-34)33-23-29-35(30-24-33)26-19-16-13-10-8-11-14-17-20-31-36/h21-24,27-30H,2-20,25-26,31H2,1H3/q+1/p+1. The first-order chi connectivity index (χ1) is 17.8. The first kappa shape index (κ1) is 30.9. The van der Waals surface area contributed by atoms with Gasteiger partial charge in [0.05, 0.1) is 0 Å². The summed E-state index contributed by atoms with van der Waals surface area (Å²) in [6.07, 6.45) is 35.3. The van der Waals surface area contributed by atoms with Crippen molar-refractivity contribution in [2.24, 2.45) is 0 Å². The first-order valence-electron chi connectivity index (χ1n) is 15.4. The molecule has 2 aromatic rings. The molecule has 202 valence electrons. The average Bonchev–Trinajstić information content (AvgIpc) is 2.91. The van der Waals surface area contributed by atoms with Crippen LogP contribution in [0.2, 0.25) is 0 Å². The van der Waals surface area contributed by atoms with Crippen LogP contribution in [0.4, 0.5) is 0 Å². The lowest BCUT2D eigenvalue weighted by molar-refractivity contribution is -0.697. The summed E-state index contributed by atoms with van der Waals surface area (Å²) >= 11 is 4.29. The molecule has 0 aliphatic rings. The quantitative estimate of drug-likeness (QED) is 0.0862. The molecule has 0 fully saturated rings. The van der Waals surface area contributed by atoms with E-state index < -0.39 is 0 Å². The molecule has 0 radical (unpaired) electrons. The molecule has 0 aliphatic heterocycles. The Bertz CT molecular complexity index is 676. The van der Waals surface area contributed by atoms with Crippen molar-refractivity contribution in [3.8, 4) is 11.1 Å². The van der Waals surface area contributed by atoms with Crippen LogP contribution in [0.1, 0.15) is 129 Å². The van der Waals surface area contributed by atoms with Gasteiger partial charge in [-0.05, 0) is 36.1 Å². The van der Waals surface area contributed by atoms with Gasteiger partial charge in [-0.3, -0.25) is 0 Å². The molecular formula is C33H56N2S+2. The van der Waals surface area contributed by atoms with E-state index in [0.717, 1.165) is 18.8 Å². The number of hydrogen-bond donors (Lipinski definition) is 1. The van der Waals surface area contributed by atoms with Crippen LogP contribution in [0.5, 0.6) is 0 Å². The van der Waals surface area contributed by atoms with Gasteiger partial charge >= 0.3 is 0 Å². The highest BCUT2D eigenvalue weighted by molar-refractivity contribution is 7.80. The van der Waals surface area contributed by atoms with Gasteiger partial charge in [0.25, 0.3) is 0 Å². The maximum absolute atomic E-state index is 4.29. The Morgan fingerprint density at radius 2 is 0.750 bits per heavy atom. The van der Waals surface area contributed by atoms with Crippen molar-refractivity contribution in [3.63, 3.8) is 0 Å². The summed E-state index contributed by atoms with van der Waals surface area (Å²) in [7, 11) is 0. The lowest BCUT2D eigenvalue weighted by atomic mass is 10.1. The van der Waals surface area contributed by atoms with Crippen molar-refractivity contribution >= 4 is 12.6 Å². The van der Waals surface area contributed by atoms with Crippen LogP contribution in [0, 0.1) is 0 Å². The summed E-state index contributed by atoms with van der Waals surface area (Å²) < 4.78 is 4.69. The summed E-state index contributed by atoms with van der Waals surface area (Å²) in [6, 6.07) is 9.09. The third kappa shape index (κ3) is 15.0. The Morgan fingerprint density at radius 3 is 1.08 bits per heavy atom. The maximum Gasteiger partial charge on any atom is 0.169 e. The molecule has 2 aromatic heterocycles. The second kappa shape index (κ2) is 21.7. The predicted octanol–water partition coefficient (Wildman–Crippen LogP) is 9.29. The molecule has 0 atom stereocenters. The lowest BCUT2D eigenvalue weighted by Gasteiger charge is -2.03. The van der Waals surface area contributed by atoms with Crippen molar-refractivity contribution in [3.05, 3.63) is 49.1 Å². The van der Waals surface area contributed by atoms with Crippen LogP contribution in [-0.4, -0.2) is 5.75 Å². The van der Waals surface area contributed by atoms with Crippen LogP contribution < -0.4 is 9.13 Å². The van der Waals surface area contributed by atoms with E-state index in [4.69, 9.17) is 0 Å². The van der Waals surface area contributed by atoms with Crippen LogP contribution in [0.25, 0.3) is 11.1 Å². The van der Waals surface area contributed by atoms with Gasteiger partial charge in [0.2, 0.25) is 0 Å². The van der Waals surface area contributed by atoms with Gasteiger partial charge in [-0.2, -0.15) is 12.6 Å². The van der Waals surface area contributed by atoms with Gasteiger partial charge in [0, 0.05) is 37.1 Å². The minimum atomic E-state index is 1.05. The van der Waals surface area contributed by atoms with Crippen molar-refractivity contribution in [1.29, 1.82) is 0 Å². The van der Waals surface area contributed by atoms with E-state index in [9.17, 15) is 0 Å². The zero-order valence-corrected chi connectivity index (χ0v) is 24.4. The largest absolute Gasteiger partial charge is 0.205 e. The molecule has 0 saturated carbocycles. The Labute approximate surface area is 229 Å². The van der Waals surface area contributed by atoms with Gasteiger partial charge in [0.1, 0.15) is 13.1 Å². The Balaban J connectivity index is 1.53. The number of aromatic nitrogens is 2. The number of aryl methyl sites for hydroxylation is 2. The third-order valence-corrected chi connectivity index (χ3v) is 7.78. The molecule has 0 spiro atoms. The van der Waals surface area contributed by atoms with Gasteiger partial charge in [0.15, 0.2) is 24.8 Å². The van der Waals surface area contributed by atoms with E-state index in [1.54, 1.807) is 0 Å². The molecule has 2 heterocycles.